The number of aliphatic hydroxyl groups excluding tert-OH is 1. The van der Waals surface area contributed by atoms with Crippen molar-refractivity contribution < 1.29 is 13.5 Å². The van der Waals surface area contributed by atoms with Gasteiger partial charge in [0, 0.05) is 6.26 Å². The summed E-state index contributed by atoms with van der Waals surface area (Å²) in [5, 5.41) is 9.60. The molecule has 3 nitrogen and oxygen atoms in total. The van der Waals surface area contributed by atoms with E-state index < -0.39 is 15.9 Å². The Hall–Kier alpha value is -0.870. The van der Waals surface area contributed by atoms with Gasteiger partial charge in [0.25, 0.3) is 0 Å². The second-order valence-corrected chi connectivity index (χ2v) is 6.02. The number of sulfone groups is 1. The van der Waals surface area contributed by atoms with Crippen molar-refractivity contribution in [3.05, 3.63) is 35.9 Å². The molecule has 15 heavy (non-hydrogen) atoms. The molecule has 0 aliphatic heterocycles. The standard InChI is InChI=1S/C11H16O3S/c1-15(13,14)8-7-11(12)9-10-5-3-2-4-6-10/h2-6,11-12H,7-9H2,1H3. The van der Waals surface area contributed by atoms with Gasteiger partial charge in [-0.2, -0.15) is 0 Å². The molecule has 1 aromatic rings. The van der Waals surface area contributed by atoms with Gasteiger partial charge in [-0.15, -0.1) is 0 Å². The van der Waals surface area contributed by atoms with Crippen LogP contribution in [0.3, 0.4) is 0 Å². The minimum atomic E-state index is -2.97. The fourth-order valence-electron chi connectivity index (χ4n) is 1.34. The van der Waals surface area contributed by atoms with Crippen LogP contribution in [0, 0.1) is 0 Å². The normalized spacial score (nSPS) is 13.7. The van der Waals surface area contributed by atoms with E-state index in [0.29, 0.717) is 12.8 Å². The highest BCUT2D eigenvalue weighted by Crippen LogP contribution is 2.06. The monoisotopic (exact) mass is 228 g/mol. The summed E-state index contributed by atoms with van der Waals surface area (Å²) in [6.45, 7) is 0. The SMILES string of the molecule is CS(=O)(=O)CCC(O)Cc1ccccc1. The summed E-state index contributed by atoms with van der Waals surface area (Å²) < 4.78 is 21.8. The number of aliphatic hydroxyl groups is 1. The molecule has 0 aromatic heterocycles. The van der Waals surface area contributed by atoms with Crippen molar-refractivity contribution in [1.29, 1.82) is 0 Å². The van der Waals surface area contributed by atoms with E-state index in [1.54, 1.807) is 0 Å². The van der Waals surface area contributed by atoms with Crippen LogP contribution in [0.4, 0.5) is 0 Å². The molecule has 0 saturated carbocycles. The Morgan fingerprint density at radius 3 is 2.40 bits per heavy atom. The van der Waals surface area contributed by atoms with Crippen LogP contribution < -0.4 is 0 Å². The Bertz CT molecular complexity index is 384. The van der Waals surface area contributed by atoms with Gasteiger partial charge >= 0.3 is 0 Å². The van der Waals surface area contributed by atoms with Gasteiger partial charge in [0.1, 0.15) is 9.84 Å². The van der Waals surface area contributed by atoms with Crippen molar-refractivity contribution in [1.82, 2.24) is 0 Å². The minimum absolute atomic E-state index is 0.0427. The maximum Gasteiger partial charge on any atom is 0.147 e. The summed E-state index contributed by atoms with van der Waals surface area (Å²) >= 11 is 0. The van der Waals surface area contributed by atoms with Crippen molar-refractivity contribution in [3.63, 3.8) is 0 Å². The summed E-state index contributed by atoms with van der Waals surface area (Å²) in [6.07, 6.45) is 1.41. The lowest BCUT2D eigenvalue weighted by molar-refractivity contribution is 0.171. The third-order valence-electron chi connectivity index (χ3n) is 2.14. The molecular formula is C11H16O3S. The molecule has 0 saturated heterocycles. The largest absolute Gasteiger partial charge is 0.393 e. The minimum Gasteiger partial charge on any atom is -0.393 e. The smallest absolute Gasteiger partial charge is 0.147 e. The molecular weight excluding hydrogens is 212 g/mol. The molecule has 1 atom stereocenters. The van der Waals surface area contributed by atoms with Gasteiger partial charge in [0.2, 0.25) is 0 Å². The van der Waals surface area contributed by atoms with Crippen molar-refractivity contribution in [3.8, 4) is 0 Å². The highest BCUT2D eigenvalue weighted by atomic mass is 32.2. The number of benzene rings is 1. The molecule has 0 aliphatic rings. The van der Waals surface area contributed by atoms with Crippen LogP contribution in [0.15, 0.2) is 30.3 Å². The third kappa shape index (κ3) is 5.54. The van der Waals surface area contributed by atoms with Crippen LogP contribution in [0.2, 0.25) is 0 Å². The van der Waals surface area contributed by atoms with Crippen LogP contribution >= 0.6 is 0 Å². The van der Waals surface area contributed by atoms with Crippen LogP contribution in [-0.4, -0.2) is 31.6 Å². The first kappa shape index (κ1) is 12.2. The summed E-state index contributed by atoms with van der Waals surface area (Å²) in [5.41, 5.74) is 1.03. The van der Waals surface area contributed by atoms with Crippen molar-refractivity contribution >= 4 is 9.84 Å². The van der Waals surface area contributed by atoms with Gasteiger partial charge in [-0.3, -0.25) is 0 Å². The molecule has 0 aliphatic carbocycles. The predicted molar refractivity (Wildman–Crippen MR) is 60.5 cm³/mol. The van der Waals surface area contributed by atoms with Crippen molar-refractivity contribution in [2.45, 2.75) is 18.9 Å². The first-order valence-corrected chi connectivity index (χ1v) is 6.93. The van der Waals surface area contributed by atoms with E-state index in [0.717, 1.165) is 5.56 Å². The molecule has 0 amide bonds. The number of hydrogen-bond donors (Lipinski definition) is 1. The van der Waals surface area contributed by atoms with E-state index in [1.165, 1.54) is 6.26 Å². The van der Waals surface area contributed by atoms with Crippen molar-refractivity contribution in [2.24, 2.45) is 0 Å². The zero-order chi connectivity index (χ0) is 11.3. The summed E-state index contributed by atoms with van der Waals surface area (Å²) in [4.78, 5) is 0. The quantitative estimate of drug-likeness (QED) is 0.818. The zero-order valence-electron chi connectivity index (χ0n) is 8.76. The van der Waals surface area contributed by atoms with Crippen LogP contribution in [0.1, 0.15) is 12.0 Å². The lowest BCUT2D eigenvalue weighted by Gasteiger charge is -2.09. The molecule has 1 aromatic carbocycles. The van der Waals surface area contributed by atoms with Gasteiger partial charge in [0.15, 0.2) is 0 Å². The topological polar surface area (TPSA) is 54.4 Å². The van der Waals surface area contributed by atoms with Gasteiger partial charge in [-0.1, -0.05) is 30.3 Å². The van der Waals surface area contributed by atoms with Crippen LogP contribution in [0.5, 0.6) is 0 Å². The lowest BCUT2D eigenvalue weighted by Crippen LogP contribution is -2.16. The van der Waals surface area contributed by atoms with E-state index in [-0.39, 0.29) is 5.75 Å². The lowest BCUT2D eigenvalue weighted by atomic mass is 10.1. The summed E-state index contributed by atoms with van der Waals surface area (Å²) in [6, 6.07) is 9.55. The molecule has 1 rings (SSSR count). The highest BCUT2D eigenvalue weighted by molar-refractivity contribution is 7.90. The van der Waals surface area contributed by atoms with Crippen LogP contribution in [0.25, 0.3) is 0 Å². The first-order chi connectivity index (χ1) is 6.97. The highest BCUT2D eigenvalue weighted by Gasteiger charge is 2.09. The zero-order valence-corrected chi connectivity index (χ0v) is 9.57. The Labute approximate surface area is 90.7 Å². The molecule has 0 bridgehead atoms. The molecule has 0 radical (unpaired) electrons. The maximum absolute atomic E-state index is 10.9. The Balaban J connectivity index is 2.40. The number of hydrogen-bond acceptors (Lipinski definition) is 3. The van der Waals surface area contributed by atoms with E-state index >= 15 is 0 Å². The molecule has 4 heteroatoms. The second kappa shape index (κ2) is 5.28. The molecule has 0 heterocycles. The Kier molecular flexibility index (Phi) is 4.29. The molecule has 1 unspecified atom stereocenters. The maximum atomic E-state index is 10.9. The average molecular weight is 228 g/mol. The summed E-state index contributed by atoms with van der Waals surface area (Å²) in [7, 11) is -2.97. The summed E-state index contributed by atoms with van der Waals surface area (Å²) in [5.74, 6) is 0.0427. The van der Waals surface area contributed by atoms with Crippen molar-refractivity contribution in [2.75, 3.05) is 12.0 Å². The Morgan fingerprint density at radius 2 is 1.87 bits per heavy atom. The molecule has 0 fully saturated rings. The third-order valence-corrected chi connectivity index (χ3v) is 3.11. The predicted octanol–water partition coefficient (Wildman–Crippen LogP) is 1.02. The molecule has 84 valence electrons. The average Bonchev–Trinajstić information content (AvgIpc) is 2.15. The first-order valence-electron chi connectivity index (χ1n) is 4.87. The van der Waals surface area contributed by atoms with Crippen LogP contribution in [-0.2, 0) is 16.3 Å². The fraction of sp³-hybridized carbons (Fsp3) is 0.455. The number of rotatable bonds is 5. The molecule has 0 spiro atoms. The van der Waals surface area contributed by atoms with E-state index in [9.17, 15) is 13.5 Å². The fourth-order valence-corrected chi connectivity index (χ4v) is 2.04. The Morgan fingerprint density at radius 1 is 1.27 bits per heavy atom. The van der Waals surface area contributed by atoms with Gasteiger partial charge in [-0.05, 0) is 18.4 Å². The van der Waals surface area contributed by atoms with E-state index in [2.05, 4.69) is 0 Å². The van der Waals surface area contributed by atoms with Gasteiger partial charge < -0.3 is 5.11 Å². The second-order valence-electron chi connectivity index (χ2n) is 3.76. The molecule has 1 N–H and O–H groups in total. The van der Waals surface area contributed by atoms with Gasteiger partial charge in [0.05, 0.1) is 11.9 Å². The van der Waals surface area contributed by atoms with E-state index in [4.69, 9.17) is 0 Å². The van der Waals surface area contributed by atoms with E-state index in [1.807, 2.05) is 30.3 Å². The van der Waals surface area contributed by atoms with Gasteiger partial charge in [-0.25, -0.2) is 8.42 Å².